The van der Waals surface area contributed by atoms with Gasteiger partial charge in [0, 0.05) is 31.2 Å². The summed E-state index contributed by atoms with van der Waals surface area (Å²) in [5.41, 5.74) is 2.61. The van der Waals surface area contributed by atoms with Crippen LogP contribution in [0.1, 0.15) is 24.1 Å². The minimum atomic E-state index is -3.55. The van der Waals surface area contributed by atoms with E-state index in [2.05, 4.69) is 33.7 Å². The number of rotatable bonds is 4. The van der Waals surface area contributed by atoms with E-state index < -0.39 is 19.7 Å². The molecule has 9 heteroatoms. The third-order valence-electron chi connectivity index (χ3n) is 6.60. The van der Waals surface area contributed by atoms with Crippen LogP contribution < -0.4 is 0 Å². The van der Waals surface area contributed by atoms with E-state index in [-0.39, 0.29) is 27.0 Å². The van der Waals surface area contributed by atoms with E-state index in [0.717, 1.165) is 21.2 Å². The molecule has 252 valence electrons. The molecule has 0 fully saturated rings. The largest absolute Gasteiger partial charge is 0.219 e. The highest BCUT2D eigenvalue weighted by molar-refractivity contribution is 9.10. The summed E-state index contributed by atoms with van der Waals surface area (Å²) in [6, 6.07) is 44.6. The summed E-state index contributed by atoms with van der Waals surface area (Å²) >= 11 is 14.8. The number of terminal acetylenes is 1. The van der Waals surface area contributed by atoms with Crippen LogP contribution in [-0.2, 0) is 19.7 Å². The molecule has 0 radical (unpaired) electrons. The predicted molar refractivity (Wildman–Crippen MR) is 208 cm³/mol. The minimum absolute atomic E-state index is 0. The fourth-order valence-electron chi connectivity index (χ4n) is 4.03. The van der Waals surface area contributed by atoms with Crippen molar-refractivity contribution >= 4 is 58.8 Å². The molecule has 0 bridgehead atoms. The van der Waals surface area contributed by atoms with Crippen molar-refractivity contribution in [2.75, 3.05) is 0 Å². The second kappa shape index (κ2) is 19.0. The molecule has 0 amide bonds. The molecule has 0 spiro atoms. The van der Waals surface area contributed by atoms with Gasteiger partial charge in [-0.15, -0.1) is 6.42 Å². The predicted octanol–water partition coefficient (Wildman–Crippen LogP) is 10.8. The monoisotopic (exact) mass is 800 g/mol. The van der Waals surface area contributed by atoms with Gasteiger partial charge in [0.2, 0.25) is 19.7 Å². The van der Waals surface area contributed by atoms with Crippen LogP contribution in [0.15, 0.2) is 182 Å². The zero-order valence-electron chi connectivity index (χ0n) is 25.7. The molecule has 0 aliphatic rings. The quantitative estimate of drug-likeness (QED) is 0.167. The number of halogens is 3. The van der Waals surface area contributed by atoms with Crippen molar-refractivity contribution in [2.45, 2.75) is 27.0 Å². The van der Waals surface area contributed by atoms with E-state index in [4.69, 9.17) is 29.6 Å². The van der Waals surface area contributed by atoms with Gasteiger partial charge in [-0.3, -0.25) is 0 Å². The van der Waals surface area contributed by atoms with Crippen molar-refractivity contribution in [3.8, 4) is 24.2 Å². The standard InChI is InChI=1S/C20H13ClO2S.C12H8BrClO2S.C8H6.CH4/c21-18-10-14-20(15-11-18)24(22,23)19-12-8-17(9-13-19)7-6-16-4-2-1-3-5-16;13-9-1-5-11(6-2-9)17(15,16)12-7-3-10(14)4-8-12;1-2-8-6-4-3-5-7-8;/h1-5,8-15H;1-8H;1,3-7H;1H4. The van der Waals surface area contributed by atoms with Crippen molar-refractivity contribution < 1.29 is 16.8 Å². The number of benzene rings is 6. The fourth-order valence-corrected chi connectivity index (χ4v) is 7.07. The molecule has 6 aromatic carbocycles. The molecule has 0 saturated carbocycles. The van der Waals surface area contributed by atoms with Crippen molar-refractivity contribution in [1.29, 1.82) is 0 Å². The van der Waals surface area contributed by atoms with Crippen LogP contribution >= 0.6 is 39.1 Å². The Bertz CT molecular complexity index is 2240. The second-order valence-corrected chi connectivity index (χ2v) is 15.7. The Morgan fingerprint density at radius 1 is 0.440 bits per heavy atom. The smallest absolute Gasteiger partial charge is 0.206 e. The molecule has 0 aliphatic carbocycles. The molecule has 6 rings (SSSR count). The summed E-state index contributed by atoms with van der Waals surface area (Å²) < 4.78 is 50.3. The lowest BCUT2D eigenvalue weighted by Crippen LogP contribution is -2.01. The second-order valence-electron chi connectivity index (χ2n) is 10.0. The molecule has 0 heterocycles. The Labute approximate surface area is 313 Å². The molecule has 4 nitrogen and oxygen atoms in total. The Hall–Kier alpha value is -4.60. The zero-order valence-corrected chi connectivity index (χ0v) is 30.4. The van der Waals surface area contributed by atoms with Crippen LogP contribution in [0.4, 0.5) is 0 Å². The summed E-state index contributed by atoms with van der Waals surface area (Å²) in [6.45, 7) is 0. The normalized spacial score (nSPS) is 10.3. The Morgan fingerprint density at radius 3 is 1.08 bits per heavy atom. The summed E-state index contributed by atoms with van der Waals surface area (Å²) in [7, 11) is -7.00. The Balaban J connectivity index is 0.000000226. The van der Waals surface area contributed by atoms with E-state index in [0.29, 0.717) is 10.0 Å². The Kier molecular flexibility index (Phi) is 15.1. The van der Waals surface area contributed by atoms with Gasteiger partial charge in [0.15, 0.2) is 0 Å². The van der Waals surface area contributed by atoms with Crippen molar-refractivity contribution in [3.05, 3.63) is 189 Å². The Morgan fingerprint density at radius 2 is 0.740 bits per heavy atom. The van der Waals surface area contributed by atoms with E-state index in [9.17, 15) is 16.8 Å². The number of sulfone groups is 2. The maximum atomic E-state index is 12.6. The van der Waals surface area contributed by atoms with Crippen molar-refractivity contribution in [1.82, 2.24) is 0 Å². The van der Waals surface area contributed by atoms with Gasteiger partial charge >= 0.3 is 0 Å². The van der Waals surface area contributed by atoms with Crippen LogP contribution in [-0.4, -0.2) is 16.8 Å². The first-order valence-electron chi connectivity index (χ1n) is 14.4. The van der Waals surface area contributed by atoms with Crippen LogP contribution in [0.5, 0.6) is 0 Å². The minimum Gasteiger partial charge on any atom is -0.219 e. The zero-order chi connectivity index (χ0) is 35.3. The number of hydrogen-bond donors (Lipinski definition) is 0. The highest BCUT2D eigenvalue weighted by Crippen LogP contribution is 2.24. The van der Waals surface area contributed by atoms with Gasteiger partial charge in [-0.25, -0.2) is 16.8 Å². The lowest BCUT2D eigenvalue weighted by molar-refractivity contribution is 0.594. The average Bonchev–Trinajstić information content (AvgIpc) is 3.13. The van der Waals surface area contributed by atoms with Crippen molar-refractivity contribution in [3.63, 3.8) is 0 Å². The number of hydrogen-bond acceptors (Lipinski definition) is 4. The summed E-state index contributed by atoms with van der Waals surface area (Å²) in [4.78, 5) is 0.956. The van der Waals surface area contributed by atoms with Gasteiger partial charge in [0.05, 0.1) is 19.6 Å². The summed E-state index contributed by atoms with van der Waals surface area (Å²) in [5, 5.41) is 1.01. The highest BCUT2D eigenvalue weighted by atomic mass is 79.9. The van der Waals surface area contributed by atoms with Crippen LogP contribution in [0.2, 0.25) is 10.0 Å². The first-order chi connectivity index (χ1) is 23.5. The summed E-state index contributed by atoms with van der Waals surface area (Å²) in [5.74, 6) is 8.59. The van der Waals surface area contributed by atoms with Gasteiger partial charge in [0.1, 0.15) is 0 Å². The van der Waals surface area contributed by atoms with Crippen LogP contribution in [0, 0.1) is 24.2 Å². The molecule has 50 heavy (non-hydrogen) atoms. The lowest BCUT2D eigenvalue weighted by Gasteiger charge is -2.04. The van der Waals surface area contributed by atoms with E-state index in [1.807, 2.05) is 60.7 Å². The molecule has 0 aliphatic heterocycles. The van der Waals surface area contributed by atoms with E-state index in [1.54, 1.807) is 72.8 Å². The van der Waals surface area contributed by atoms with E-state index >= 15 is 0 Å². The van der Waals surface area contributed by atoms with Crippen LogP contribution in [0.25, 0.3) is 0 Å². The fraction of sp³-hybridized carbons (Fsp3) is 0.0244. The molecule has 0 aromatic heterocycles. The van der Waals surface area contributed by atoms with E-state index in [1.165, 1.54) is 24.3 Å². The molecule has 0 unspecified atom stereocenters. The molecule has 6 aromatic rings. The molecular formula is C41H31BrCl2O4S2. The maximum absolute atomic E-state index is 12.6. The maximum Gasteiger partial charge on any atom is 0.206 e. The third kappa shape index (κ3) is 11.5. The topological polar surface area (TPSA) is 68.3 Å². The molecule has 0 N–H and O–H groups in total. The highest BCUT2D eigenvalue weighted by Gasteiger charge is 2.18. The van der Waals surface area contributed by atoms with Gasteiger partial charge in [-0.1, -0.05) is 101 Å². The first-order valence-corrected chi connectivity index (χ1v) is 19.0. The summed E-state index contributed by atoms with van der Waals surface area (Å²) in [6.07, 6.45) is 5.10. The van der Waals surface area contributed by atoms with Gasteiger partial charge in [-0.2, -0.15) is 0 Å². The lowest BCUT2D eigenvalue weighted by atomic mass is 10.2. The van der Waals surface area contributed by atoms with Crippen molar-refractivity contribution in [2.24, 2.45) is 0 Å². The SMILES string of the molecule is C.C#Cc1ccccc1.O=S(=O)(c1ccc(Cl)cc1)c1ccc(Br)cc1.O=S(=O)(c1ccc(Cl)cc1)c1ccc(C#Cc2ccccc2)cc1. The average molecular weight is 803 g/mol. The van der Waals surface area contributed by atoms with Gasteiger partial charge < -0.3 is 0 Å². The first kappa shape index (κ1) is 39.8. The molecule has 0 saturated heterocycles. The molecular weight excluding hydrogens is 771 g/mol. The third-order valence-corrected chi connectivity index (χ3v) is 11.2. The molecule has 0 atom stereocenters. The van der Waals surface area contributed by atoms with Crippen LogP contribution in [0.3, 0.4) is 0 Å². The van der Waals surface area contributed by atoms with Gasteiger partial charge in [0.25, 0.3) is 0 Å². The van der Waals surface area contributed by atoms with Gasteiger partial charge in [-0.05, 0) is 121 Å².